The van der Waals surface area contributed by atoms with Gasteiger partial charge in [-0.15, -0.1) is 10.2 Å². The van der Waals surface area contributed by atoms with Gasteiger partial charge in [-0.1, -0.05) is 39.0 Å². The fourth-order valence-corrected chi connectivity index (χ4v) is 2.87. The molecule has 1 aromatic heterocycles. The maximum atomic E-state index is 4.38. The third-order valence-electron chi connectivity index (χ3n) is 3.88. The minimum Gasteiger partial charge on any atom is -0.285 e. The standard InChI is InChI=1S/C15H19N3/c1-15(2,3)12-9-8-11-6-4-5-7-13(11)18-10-16-17-14(12)18/h4-7,10,12H,8-9H2,1-3H3. The molecule has 2 aromatic rings. The number of hydrogen-bond donors (Lipinski definition) is 0. The van der Waals surface area contributed by atoms with E-state index >= 15 is 0 Å². The summed E-state index contributed by atoms with van der Waals surface area (Å²) in [6.45, 7) is 6.85. The molecule has 0 amide bonds. The van der Waals surface area contributed by atoms with Gasteiger partial charge in [-0.25, -0.2) is 0 Å². The van der Waals surface area contributed by atoms with Crippen molar-refractivity contribution in [2.24, 2.45) is 5.41 Å². The smallest absolute Gasteiger partial charge is 0.141 e. The first-order chi connectivity index (χ1) is 8.57. The molecular weight excluding hydrogens is 222 g/mol. The van der Waals surface area contributed by atoms with Gasteiger partial charge in [0.1, 0.15) is 12.2 Å². The molecule has 0 saturated heterocycles. The van der Waals surface area contributed by atoms with Crippen LogP contribution in [0.4, 0.5) is 0 Å². The van der Waals surface area contributed by atoms with Gasteiger partial charge < -0.3 is 0 Å². The average Bonchev–Trinajstić information content (AvgIpc) is 2.71. The molecule has 1 aromatic carbocycles. The van der Waals surface area contributed by atoms with Gasteiger partial charge in [-0.3, -0.25) is 4.57 Å². The summed E-state index contributed by atoms with van der Waals surface area (Å²) in [5.74, 6) is 1.56. The first-order valence-corrected chi connectivity index (χ1v) is 6.55. The molecule has 3 rings (SSSR count). The maximum Gasteiger partial charge on any atom is 0.141 e. The van der Waals surface area contributed by atoms with Gasteiger partial charge in [0, 0.05) is 5.92 Å². The lowest BCUT2D eigenvalue weighted by molar-refractivity contribution is 0.294. The lowest BCUT2D eigenvalue weighted by Crippen LogP contribution is -2.21. The molecule has 3 nitrogen and oxygen atoms in total. The molecule has 1 aliphatic heterocycles. The van der Waals surface area contributed by atoms with E-state index in [0.717, 1.165) is 18.7 Å². The van der Waals surface area contributed by atoms with Crippen molar-refractivity contribution in [3.8, 4) is 5.69 Å². The van der Waals surface area contributed by atoms with Gasteiger partial charge in [-0.2, -0.15) is 0 Å². The molecule has 0 radical (unpaired) electrons. The summed E-state index contributed by atoms with van der Waals surface area (Å²) in [6, 6.07) is 8.57. The van der Waals surface area contributed by atoms with Gasteiger partial charge in [0.05, 0.1) is 5.69 Å². The minimum atomic E-state index is 0.215. The van der Waals surface area contributed by atoms with E-state index in [4.69, 9.17) is 0 Å². The van der Waals surface area contributed by atoms with Crippen LogP contribution in [0, 0.1) is 5.41 Å². The van der Waals surface area contributed by atoms with Gasteiger partial charge in [0.2, 0.25) is 0 Å². The van der Waals surface area contributed by atoms with Crippen molar-refractivity contribution in [2.75, 3.05) is 0 Å². The highest BCUT2D eigenvalue weighted by Gasteiger charge is 2.32. The lowest BCUT2D eigenvalue weighted by Gasteiger charge is -2.28. The number of para-hydroxylation sites is 1. The van der Waals surface area contributed by atoms with Crippen LogP contribution in [0.3, 0.4) is 0 Å². The quantitative estimate of drug-likeness (QED) is 0.708. The maximum absolute atomic E-state index is 4.38. The van der Waals surface area contributed by atoms with E-state index in [1.807, 2.05) is 6.33 Å². The summed E-state index contributed by atoms with van der Waals surface area (Å²) in [5.41, 5.74) is 2.85. The van der Waals surface area contributed by atoms with E-state index in [1.54, 1.807) is 0 Å². The number of hydrogen-bond acceptors (Lipinski definition) is 2. The largest absolute Gasteiger partial charge is 0.285 e. The second-order valence-electron chi connectivity index (χ2n) is 6.15. The highest BCUT2D eigenvalue weighted by molar-refractivity contribution is 5.43. The van der Waals surface area contributed by atoms with E-state index < -0.39 is 0 Å². The Bertz CT molecular complexity index is 563. The van der Waals surface area contributed by atoms with Gasteiger partial charge in [0.25, 0.3) is 0 Å². The summed E-state index contributed by atoms with van der Waals surface area (Å²) >= 11 is 0. The van der Waals surface area contributed by atoms with Crippen LogP contribution in [0.25, 0.3) is 5.69 Å². The molecule has 0 saturated carbocycles. The van der Waals surface area contributed by atoms with Crippen LogP contribution < -0.4 is 0 Å². The van der Waals surface area contributed by atoms with Crippen molar-refractivity contribution < 1.29 is 0 Å². The van der Waals surface area contributed by atoms with Gasteiger partial charge >= 0.3 is 0 Å². The van der Waals surface area contributed by atoms with Crippen molar-refractivity contribution in [1.82, 2.24) is 14.8 Å². The van der Waals surface area contributed by atoms with Crippen LogP contribution >= 0.6 is 0 Å². The first kappa shape index (κ1) is 11.5. The number of fused-ring (bicyclic) bond motifs is 3. The molecule has 2 heterocycles. The van der Waals surface area contributed by atoms with Crippen molar-refractivity contribution in [3.63, 3.8) is 0 Å². The van der Waals surface area contributed by atoms with E-state index in [1.165, 1.54) is 11.3 Å². The SMILES string of the molecule is CC(C)(C)C1CCc2ccccc2-n2cnnc21. The summed E-state index contributed by atoms with van der Waals surface area (Å²) in [4.78, 5) is 0. The zero-order valence-corrected chi connectivity index (χ0v) is 11.2. The predicted molar refractivity (Wildman–Crippen MR) is 71.9 cm³/mol. The Morgan fingerprint density at radius 3 is 2.78 bits per heavy atom. The topological polar surface area (TPSA) is 30.7 Å². The van der Waals surface area contributed by atoms with Crippen molar-refractivity contribution in [3.05, 3.63) is 42.0 Å². The first-order valence-electron chi connectivity index (χ1n) is 6.55. The Labute approximate surface area is 108 Å². The van der Waals surface area contributed by atoms with Crippen molar-refractivity contribution >= 4 is 0 Å². The molecular formula is C15H19N3. The highest BCUT2D eigenvalue weighted by Crippen LogP contribution is 2.40. The molecule has 0 spiro atoms. The van der Waals surface area contributed by atoms with Crippen molar-refractivity contribution in [2.45, 2.75) is 39.5 Å². The predicted octanol–water partition coefficient (Wildman–Crippen LogP) is 3.34. The molecule has 1 unspecified atom stereocenters. The van der Waals surface area contributed by atoms with Gasteiger partial charge in [0.15, 0.2) is 0 Å². The normalized spacial score (nSPS) is 18.9. The molecule has 0 bridgehead atoms. The van der Waals surface area contributed by atoms with Gasteiger partial charge in [-0.05, 0) is 29.9 Å². The number of aromatic nitrogens is 3. The average molecular weight is 241 g/mol. The van der Waals surface area contributed by atoms with E-state index in [-0.39, 0.29) is 5.41 Å². The molecule has 0 fully saturated rings. The number of benzene rings is 1. The van der Waals surface area contributed by atoms with E-state index in [2.05, 4.69) is 59.8 Å². The molecule has 18 heavy (non-hydrogen) atoms. The monoisotopic (exact) mass is 241 g/mol. The van der Waals surface area contributed by atoms with Crippen LogP contribution in [-0.4, -0.2) is 14.8 Å². The Hall–Kier alpha value is -1.64. The molecule has 0 aliphatic carbocycles. The third-order valence-corrected chi connectivity index (χ3v) is 3.88. The molecule has 3 heteroatoms. The fourth-order valence-electron chi connectivity index (χ4n) is 2.87. The molecule has 0 N–H and O–H groups in total. The summed E-state index contributed by atoms with van der Waals surface area (Å²) < 4.78 is 2.16. The summed E-state index contributed by atoms with van der Waals surface area (Å²) in [6.07, 6.45) is 4.10. The zero-order valence-electron chi connectivity index (χ0n) is 11.2. The Balaban J connectivity index is 2.18. The van der Waals surface area contributed by atoms with Crippen LogP contribution in [-0.2, 0) is 6.42 Å². The summed E-state index contributed by atoms with van der Waals surface area (Å²) in [7, 11) is 0. The Morgan fingerprint density at radius 2 is 2.00 bits per heavy atom. The number of rotatable bonds is 0. The van der Waals surface area contributed by atoms with Crippen molar-refractivity contribution in [1.29, 1.82) is 0 Å². The molecule has 94 valence electrons. The minimum absolute atomic E-state index is 0.215. The third kappa shape index (κ3) is 1.74. The zero-order chi connectivity index (χ0) is 12.8. The molecule has 1 aliphatic rings. The van der Waals surface area contributed by atoms with Crippen LogP contribution in [0.1, 0.15) is 44.5 Å². The second-order valence-corrected chi connectivity index (χ2v) is 6.15. The highest BCUT2D eigenvalue weighted by atomic mass is 15.3. The lowest BCUT2D eigenvalue weighted by atomic mass is 9.77. The van der Waals surface area contributed by atoms with Crippen LogP contribution in [0.5, 0.6) is 0 Å². The van der Waals surface area contributed by atoms with Crippen LogP contribution in [0.15, 0.2) is 30.6 Å². The number of nitrogens with zero attached hydrogens (tertiary/aromatic N) is 3. The molecule has 1 atom stereocenters. The fraction of sp³-hybridized carbons (Fsp3) is 0.467. The Morgan fingerprint density at radius 1 is 1.22 bits per heavy atom. The Kier molecular flexibility index (Phi) is 2.51. The van der Waals surface area contributed by atoms with Crippen LogP contribution in [0.2, 0.25) is 0 Å². The summed E-state index contributed by atoms with van der Waals surface area (Å²) in [5, 5.41) is 8.50. The second kappa shape index (κ2) is 3.94. The number of aryl methyl sites for hydroxylation is 1. The van der Waals surface area contributed by atoms with E-state index in [9.17, 15) is 0 Å². The van der Waals surface area contributed by atoms with E-state index in [0.29, 0.717) is 5.92 Å².